The van der Waals surface area contributed by atoms with Crippen LogP contribution in [0.2, 0.25) is 0 Å². The van der Waals surface area contributed by atoms with Gasteiger partial charge < -0.3 is 9.73 Å². The number of nitrogens with one attached hydrogen (secondary N) is 1. The predicted molar refractivity (Wildman–Crippen MR) is 78.6 cm³/mol. The second kappa shape index (κ2) is 4.70. The second-order valence-corrected chi connectivity index (χ2v) is 5.19. The van der Waals surface area contributed by atoms with E-state index in [2.05, 4.69) is 15.3 Å². The highest BCUT2D eigenvalue weighted by molar-refractivity contribution is 5.94. The van der Waals surface area contributed by atoms with Crippen molar-refractivity contribution in [3.8, 4) is 11.5 Å². The van der Waals surface area contributed by atoms with Gasteiger partial charge in [-0.05, 0) is 43.2 Å². The van der Waals surface area contributed by atoms with Gasteiger partial charge in [0, 0.05) is 23.4 Å². The number of aromatic nitrogens is 2. The van der Waals surface area contributed by atoms with E-state index in [1.54, 1.807) is 6.20 Å². The number of carbonyl (C=O) groups excluding carboxylic acids is 1. The highest BCUT2D eigenvalue weighted by Crippen LogP contribution is 2.31. The fourth-order valence-electron chi connectivity index (χ4n) is 2.21. The zero-order valence-electron chi connectivity index (χ0n) is 11.2. The van der Waals surface area contributed by atoms with Gasteiger partial charge in [-0.2, -0.15) is 4.98 Å². The van der Waals surface area contributed by atoms with Crippen molar-refractivity contribution < 1.29 is 9.21 Å². The molecule has 3 aromatic rings. The Hall–Kier alpha value is -2.69. The fourth-order valence-corrected chi connectivity index (χ4v) is 2.21. The van der Waals surface area contributed by atoms with Gasteiger partial charge in [0.15, 0.2) is 11.2 Å². The quantitative estimate of drug-likeness (QED) is 0.799. The second-order valence-electron chi connectivity index (χ2n) is 5.19. The van der Waals surface area contributed by atoms with E-state index < -0.39 is 0 Å². The van der Waals surface area contributed by atoms with Crippen molar-refractivity contribution in [3.05, 3.63) is 42.6 Å². The normalized spacial score (nSPS) is 14.3. The summed E-state index contributed by atoms with van der Waals surface area (Å²) in [6.45, 7) is 0. The maximum absolute atomic E-state index is 11.8. The van der Waals surface area contributed by atoms with Crippen LogP contribution in [0, 0.1) is 5.92 Å². The number of amides is 1. The van der Waals surface area contributed by atoms with Crippen molar-refractivity contribution in [3.63, 3.8) is 0 Å². The molecule has 0 unspecified atom stereocenters. The van der Waals surface area contributed by atoms with Crippen molar-refractivity contribution in [2.45, 2.75) is 12.8 Å². The average Bonchev–Trinajstić information content (AvgIpc) is 3.26. The summed E-state index contributed by atoms with van der Waals surface area (Å²) < 4.78 is 5.69. The topological polar surface area (TPSA) is 68.0 Å². The third-order valence-electron chi connectivity index (χ3n) is 3.49. The van der Waals surface area contributed by atoms with Crippen LogP contribution in [0.4, 0.5) is 5.69 Å². The molecule has 0 atom stereocenters. The summed E-state index contributed by atoms with van der Waals surface area (Å²) in [5, 5.41) is 2.92. The Kier molecular flexibility index (Phi) is 2.70. The van der Waals surface area contributed by atoms with Gasteiger partial charge in [0.1, 0.15) is 0 Å². The first-order chi connectivity index (χ1) is 10.3. The standard InChI is InChI=1S/C16H13N3O2/c20-15(10-6-7-10)18-12-4-1-3-11(9-12)16-19-14-13(21-16)5-2-8-17-14/h1-5,8-10H,6-7H2,(H,18,20). The molecule has 5 heteroatoms. The number of rotatable bonds is 3. The lowest BCUT2D eigenvalue weighted by atomic mass is 10.2. The Balaban J connectivity index is 1.66. The molecule has 5 nitrogen and oxygen atoms in total. The average molecular weight is 279 g/mol. The fraction of sp³-hybridized carbons (Fsp3) is 0.188. The number of hydrogen-bond donors (Lipinski definition) is 1. The zero-order chi connectivity index (χ0) is 14.2. The molecule has 0 aliphatic heterocycles. The Bertz CT molecular complexity index is 788. The lowest BCUT2D eigenvalue weighted by Crippen LogP contribution is -2.13. The van der Waals surface area contributed by atoms with Crippen molar-refractivity contribution >= 4 is 22.8 Å². The highest BCUT2D eigenvalue weighted by Gasteiger charge is 2.29. The summed E-state index contributed by atoms with van der Waals surface area (Å²) in [5.74, 6) is 0.778. The maximum Gasteiger partial charge on any atom is 0.228 e. The van der Waals surface area contributed by atoms with Crippen molar-refractivity contribution in [2.24, 2.45) is 5.92 Å². The lowest BCUT2D eigenvalue weighted by Gasteiger charge is -2.05. The first-order valence-electron chi connectivity index (χ1n) is 6.92. The molecule has 2 heterocycles. The number of carbonyl (C=O) groups is 1. The molecule has 1 saturated carbocycles. The van der Waals surface area contributed by atoms with E-state index in [-0.39, 0.29) is 11.8 Å². The Morgan fingerprint density at radius 2 is 2.14 bits per heavy atom. The molecule has 1 aliphatic rings. The van der Waals surface area contributed by atoms with Crippen LogP contribution in [0.15, 0.2) is 47.0 Å². The molecular weight excluding hydrogens is 266 g/mol. The number of hydrogen-bond acceptors (Lipinski definition) is 4. The van der Waals surface area contributed by atoms with Crippen molar-refractivity contribution in [1.82, 2.24) is 9.97 Å². The molecule has 0 radical (unpaired) electrons. The molecule has 0 bridgehead atoms. The van der Waals surface area contributed by atoms with Gasteiger partial charge >= 0.3 is 0 Å². The van der Waals surface area contributed by atoms with E-state index in [0.717, 1.165) is 24.1 Å². The van der Waals surface area contributed by atoms with Crippen LogP contribution >= 0.6 is 0 Å². The van der Waals surface area contributed by atoms with Gasteiger partial charge in [-0.1, -0.05) is 6.07 Å². The summed E-state index contributed by atoms with van der Waals surface area (Å²) in [5.41, 5.74) is 2.82. The maximum atomic E-state index is 11.8. The Labute approximate surface area is 121 Å². The van der Waals surface area contributed by atoms with E-state index >= 15 is 0 Å². The summed E-state index contributed by atoms with van der Waals surface area (Å²) in [6, 6.07) is 11.1. The molecule has 0 spiro atoms. The van der Waals surface area contributed by atoms with Gasteiger partial charge in [0.25, 0.3) is 0 Å². The Morgan fingerprint density at radius 1 is 1.24 bits per heavy atom. The summed E-state index contributed by atoms with van der Waals surface area (Å²) in [4.78, 5) is 20.3. The molecule has 1 aliphatic carbocycles. The molecule has 2 aromatic heterocycles. The highest BCUT2D eigenvalue weighted by atomic mass is 16.3. The number of nitrogens with zero attached hydrogens (tertiary/aromatic N) is 2. The van der Waals surface area contributed by atoms with E-state index in [4.69, 9.17) is 4.42 Å². The van der Waals surface area contributed by atoms with Gasteiger partial charge in [-0.15, -0.1) is 0 Å². The van der Waals surface area contributed by atoms with Crippen molar-refractivity contribution in [2.75, 3.05) is 5.32 Å². The number of benzene rings is 1. The van der Waals surface area contributed by atoms with Crippen LogP contribution in [0.1, 0.15) is 12.8 Å². The third kappa shape index (κ3) is 2.38. The molecule has 104 valence electrons. The molecular formula is C16H13N3O2. The minimum absolute atomic E-state index is 0.0892. The molecule has 0 saturated heterocycles. The first kappa shape index (κ1) is 12.1. The van der Waals surface area contributed by atoms with Gasteiger partial charge in [-0.3, -0.25) is 4.79 Å². The molecule has 1 N–H and O–H groups in total. The number of oxazole rings is 1. The molecule has 1 amide bonds. The van der Waals surface area contributed by atoms with E-state index in [0.29, 0.717) is 17.1 Å². The van der Waals surface area contributed by atoms with Crippen LogP contribution in [0.3, 0.4) is 0 Å². The molecule has 1 aromatic carbocycles. The van der Waals surface area contributed by atoms with Gasteiger partial charge in [0.2, 0.25) is 11.8 Å². The number of anilines is 1. The smallest absolute Gasteiger partial charge is 0.228 e. The van der Waals surface area contributed by atoms with Crippen LogP contribution < -0.4 is 5.32 Å². The molecule has 1 fully saturated rings. The van der Waals surface area contributed by atoms with Crippen LogP contribution in [0.25, 0.3) is 22.7 Å². The third-order valence-corrected chi connectivity index (χ3v) is 3.49. The zero-order valence-corrected chi connectivity index (χ0v) is 11.2. The monoisotopic (exact) mass is 279 g/mol. The summed E-state index contributed by atoms with van der Waals surface area (Å²) in [7, 11) is 0. The molecule has 21 heavy (non-hydrogen) atoms. The summed E-state index contributed by atoms with van der Waals surface area (Å²) in [6.07, 6.45) is 3.66. The summed E-state index contributed by atoms with van der Waals surface area (Å²) >= 11 is 0. The minimum Gasteiger partial charge on any atom is -0.434 e. The first-order valence-corrected chi connectivity index (χ1v) is 6.92. The van der Waals surface area contributed by atoms with E-state index in [1.807, 2.05) is 36.4 Å². The predicted octanol–water partition coefficient (Wildman–Crippen LogP) is 3.24. The van der Waals surface area contributed by atoms with Crippen LogP contribution in [-0.2, 0) is 4.79 Å². The van der Waals surface area contributed by atoms with Crippen LogP contribution in [0.5, 0.6) is 0 Å². The number of pyridine rings is 1. The van der Waals surface area contributed by atoms with Gasteiger partial charge in [-0.25, -0.2) is 4.98 Å². The van der Waals surface area contributed by atoms with Crippen molar-refractivity contribution in [1.29, 1.82) is 0 Å². The SMILES string of the molecule is O=C(Nc1cccc(-c2nc3ncccc3o2)c1)C1CC1. The number of fused-ring (bicyclic) bond motifs is 1. The van der Waals surface area contributed by atoms with E-state index in [9.17, 15) is 4.79 Å². The molecule has 4 rings (SSSR count). The van der Waals surface area contributed by atoms with E-state index in [1.165, 1.54) is 0 Å². The van der Waals surface area contributed by atoms with Crippen LogP contribution in [-0.4, -0.2) is 15.9 Å². The van der Waals surface area contributed by atoms with Gasteiger partial charge in [0.05, 0.1) is 0 Å². The Morgan fingerprint density at radius 3 is 2.95 bits per heavy atom. The largest absolute Gasteiger partial charge is 0.434 e. The lowest BCUT2D eigenvalue weighted by molar-refractivity contribution is -0.117. The minimum atomic E-state index is 0.0892.